The van der Waals surface area contributed by atoms with Gasteiger partial charge in [-0.2, -0.15) is 0 Å². The Kier molecular flexibility index (Phi) is 4.09. The van der Waals surface area contributed by atoms with Gasteiger partial charge in [-0.1, -0.05) is 11.6 Å². The zero-order valence-corrected chi connectivity index (χ0v) is 10.6. The molecule has 5 heteroatoms. The highest BCUT2D eigenvalue weighted by Crippen LogP contribution is 2.17. The standard InChI is InChI=1S/C12H16ClN3O/c1-2-16(9-15-12-14-7-8-17-12)11-5-3-10(13)4-6-11/h3-6H,2,7-9H2,1H3,(H,14,15). The molecule has 92 valence electrons. The van der Waals surface area contributed by atoms with E-state index in [-0.39, 0.29) is 0 Å². The molecular weight excluding hydrogens is 238 g/mol. The highest BCUT2D eigenvalue weighted by molar-refractivity contribution is 6.30. The van der Waals surface area contributed by atoms with E-state index in [1.807, 2.05) is 24.3 Å². The van der Waals surface area contributed by atoms with Crippen molar-refractivity contribution in [3.63, 3.8) is 0 Å². The monoisotopic (exact) mass is 253 g/mol. The van der Waals surface area contributed by atoms with E-state index < -0.39 is 0 Å². The Balaban J connectivity index is 1.93. The molecule has 1 aromatic carbocycles. The van der Waals surface area contributed by atoms with E-state index >= 15 is 0 Å². The van der Waals surface area contributed by atoms with E-state index in [1.165, 1.54) is 0 Å². The smallest absolute Gasteiger partial charge is 0.286 e. The van der Waals surface area contributed by atoms with Crippen LogP contribution in [0.2, 0.25) is 5.02 Å². The first-order chi connectivity index (χ1) is 8.29. The lowest BCUT2D eigenvalue weighted by Gasteiger charge is -2.23. The average molecular weight is 254 g/mol. The summed E-state index contributed by atoms with van der Waals surface area (Å²) in [5.74, 6) is 0. The molecule has 0 spiro atoms. The van der Waals surface area contributed by atoms with Gasteiger partial charge in [-0.15, -0.1) is 0 Å². The van der Waals surface area contributed by atoms with Crippen molar-refractivity contribution >= 4 is 23.3 Å². The lowest BCUT2D eigenvalue weighted by Crippen LogP contribution is -2.37. The summed E-state index contributed by atoms with van der Waals surface area (Å²) in [6, 6.07) is 8.43. The van der Waals surface area contributed by atoms with Gasteiger partial charge in [-0.25, -0.2) is 4.99 Å². The summed E-state index contributed by atoms with van der Waals surface area (Å²) in [4.78, 5) is 6.37. The first-order valence-corrected chi connectivity index (χ1v) is 6.09. The molecule has 4 nitrogen and oxygen atoms in total. The maximum Gasteiger partial charge on any atom is 0.286 e. The molecule has 0 amide bonds. The molecule has 1 aliphatic heterocycles. The van der Waals surface area contributed by atoms with Crippen LogP contribution in [0.1, 0.15) is 6.92 Å². The maximum absolute atomic E-state index is 5.87. The Morgan fingerprint density at radius 1 is 1.41 bits per heavy atom. The minimum absolute atomic E-state index is 0.636. The van der Waals surface area contributed by atoms with Gasteiger partial charge in [0, 0.05) is 17.3 Å². The van der Waals surface area contributed by atoms with E-state index in [2.05, 4.69) is 22.1 Å². The van der Waals surface area contributed by atoms with Crippen LogP contribution < -0.4 is 10.2 Å². The van der Waals surface area contributed by atoms with E-state index in [0.29, 0.717) is 19.3 Å². The predicted octanol–water partition coefficient (Wildman–Crippen LogP) is 2.10. The number of benzene rings is 1. The Hall–Kier alpha value is -1.42. The summed E-state index contributed by atoms with van der Waals surface area (Å²) in [5, 5.41) is 3.92. The Morgan fingerprint density at radius 3 is 2.76 bits per heavy atom. The van der Waals surface area contributed by atoms with Crippen molar-refractivity contribution < 1.29 is 4.74 Å². The van der Waals surface area contributed by atoms with Crippen LogP contribution in [-0.4, -0.2) is 32.4 Å². The van der Waals surface area contributed by atoms with Crippen molar-refractivity contribution in [2.45, 2.75) is 6.92 Å². The summed E-state index contributed by atoms with van der Waals surface area (Å²) in [5.41, 5.74) is 1.13. The number of rotatable bonds is 4. The minimum Gasteiger partial charge on any atom is -0.463 e. The number of anilines is 1. The van der Waals surface area contributed by atoms with Crippen LogP contribution in [0.4, 0.5) is 5.69 Å². The van der Waals surface area contributed by atoms with Gasteiger partial charge >= 0.3 is 0 Å². The number of amidine groups is 1. The van der Waals surface area contributed by atoms with Crippen molar-refractivity contribution in [2.75, 3.05) is 31.3 Å². The summed E-state index contributed by atoms with van der Waals surface area (Å²) in [6.07, 6.45) is 0. The topological polar surface area (TPSA) is 36.9 Å². The number of ether oxygens (including phenoxy) is 1. The van der Waals surface area contributed by atoms with Gasteiger partial charge in [0.15, 0.2) is 0 Å². The number of hydrogen-bond donors (Lipinski definition) is 1. The summed E-state index contributed by atoms with van der Waals surface area (Å²) in [7, 11) is 0. The van der Waals surface area contributed by atoms with Crippen molar-refractivity contribution in [3.05, 3.63) is 29.3 Å². The van der Waals surface area contributed by atoms with Crippen molar-refractivity contribution in [3.8, 4) is 0 Å². The van der Waals surface area contributed by atoms with Crippen LogP contribution >= 0.6 is 11.6 Å². The van der Waals surface area contributed by atoms with Crippen LogP contribution in [0, 0.1) is 0 Å². The Labute approximate surface area is 106 Å². The van der Waals surface area contributed by atoms with Gasteiger partial charge in [0.1, 0.15) is 6.61 Å². The number of nitrogens with zero attached hydrogens (tertiary/aromatic N) is 2. The van der Waals surface area contributed by atoms with E-state index in [4.69, 9.17) is 16.3 Å². The predicted molar refractivity (Wildman–Crippen MR) is 70.7 cm³/mol. The Morgan fingerprint density at radius 2 is 2.18 bits per heavy atom. The number of halogens is 1. The van der Waals surface area contributed by atoms with Crippen LogP contribution in [0.5, 0.6) is 0 Å². The molecule has 0 radical (unpaired) electrons. The number of aliphatic imine (C=N–C) groups is 1. The van der Waals surface area contributed by atoms with Crippen molar-refractivity contribution in [2.24, 2.45) is 4.99 Å². The first-order valence-electron chi connectivity index (χ1n) is 5.71. The molecule has 1 aromatic rings. The lowest BCUT2D eigenvalue weighted by molar-refractivity contribution is 0.331. The summed E-state index contributed by atoms with van der Waals surface area (Å²) >= 11 is 5.87. The second-order valence-electron chi connectivity index (χ2n) is 3.70. The van der Waals surface area contributed by atoms with Crippen LogP contribution in [0.25, 0.3) is 0 Å². The van der Waals surface area contributed by atoms with Crippen LogP contribution in [-0.2, 0) is 4.74 Å². The van der Waals surface area contributed by atoms with E-state index in [1.54, 1.807) is 0 Å². The normalized spacial score (nSPS) is 14.1. The van der Waals surface area contributed by atoms with E-state index in [0.717, 1.165) is 23.8 Å². The van der Waals surface area contributed by atoms with Crippen LogP contribution in [0.15, 0.2) is 29.3 Å². The van der Waals surface area contributed by atoms with Gasteiger partial charge in [0.25, 0.3) is 6.02 Å². The molecule has 0 aliphatic carbocycles. The second kappa shape index (κ2) is 5.77. The molecule has 0 atom stereocenters. The quantitative estimate of drug-likeness (QED) is 0.835. The Bertz CT molecular complexity index is 391. The third-order valence-corrected chi connectivity index (χ3v) is 2.83. The fourth-order valence-electron chi connectivity index (χ4n) is 1.64. The van der Waals surface area contributed by atoms with Gasteiger partial charge in [0.05, 0.1) is 13.2 Å². The van der Waals surface area contributed by atoms with Crippen molar-refractivity contribution in [1.82, 2.24) is 5.32 Å². The zero-order valence-electron chi connectivity index (χ0n) is 9.82. The highest BCUT2D eigenvalue weighted by Gasteiger charge is 2.09. The first kappa shape index (κ1) is 12.0. The molecule has 0 saturated heterocycles. The fraction of sp³-hybridized carbons (Fsp3) is 0.417. The average Bonchev–Trinajstić information content (AvgIpc) is 2.85. The minimum atomic E-state index is 0.636. The summed E-state index contributed by atoms with van der Waals surface area (Å²) in [6.45, 7) is 5.11. The number of hydrogen-bond acceptors (Lipinski definition) is 4. The molecule has 1 N–H and O–H groups in total. The van der Waals surface area contributed by atoms with E-state index in [9.17, 15) is 0 Å². The molecule has 0 unspecified atom stereocenters. The van der Waals surface area contributed by atoms with Gasteiger partial charge < -0.3 is 15.0 Å². The van der Waals surface area contributed by atoms with Crippen LogP contribution in [0.3, 0.4) is 0 Å². The fourth-order valence-corrected chi connectivity index (χ4v) is 1.77. The lowest BCUT2D eigenvalue weighted by atomic mass is 10.3. The molecule has 0 aromatic heterocycles. The third kappa shape index (κ3) is 3.27. The third-order valence-electron chi connectivity index (χ3n) is 2.58. The highest BCUT2D eigenvalue weighted by atomic mass is 35.5. The molecule has 0 saturated carbocycles. The second-order valence-corrected chi connectivity index (χ2v) is 4.14. The molecule has 17 heavy (non-hydrogen) atoms. The number of nitrogens with one attached hydrogen (secondary N) is 1. The largest absolute Gasteiger partial charge is 0.463 e. The molecule has 0 fully saturated rings. The molecule has 2 rings (SSSR count). The molecule has 1 aliphatic rings. The van der Waals surface area contributed by atoms with Gasteiger partial charge in [-0.3, -0.25) is 0 Å². The zero-order chi connectivity index (χ0) is 12.1. The maximum atomic E-state index is 5.87. The molecule has 1 heterocycles. The van der Waals surface area contributed by atoms with Gasteiger partial charge in [0.2, 0.25) is 0 Å². The summed E-state index contributed by atoms with van der Waals surface area (Å²) < 4.78 is 5.29. The molecular formula is C12H16ClN3O. The molecule has 0 bridgehead atoms. The van der Waals surface area contributed by atoms with Gasteiger partial charge in [-0.05, 0) is 31.2 Å². The van der Waals surface area contributed by atoms with Crippen molar-refractivity contribution in [1.29, 1.82) is 0 Å². The SMILES string of the molecule is CCN(CNC1=NCCO1)c1ccc(Cl)cc1.